The molecule has 1 amide bonds. The molecule has 27 heavy (non-hydrogen) atoms. The third-order valence-corrected chi connectivity index (χ3v) is 5.96. The van der Waals surface area contributed by atoms with Crippen LogP contribution in [0, 0.1) is 6.92 Å². The molecule has 0 aromatic heterocycles. The van der Waals surface area contributed by atoms with Crippen LogP contribution >= 0.6 is 11.8 Å². The maximum Gasteiger partial charge on any atom is 0.262 e. The second kappa shape index (κ2) is 6.32. The minimum absolute atomic E-state index is 0.0756. The van der Waals surface area contributed by atoms with E-state index in [0.717, 1.165) is 22.6 Å². The molecule has 0 atom stereocenters. The number of anilines is 1. The predicted octanol–water partition coefficient (Wildman–Crippen LogP) is 5.38. The summed E-state index contributed by atoms with van der Waals surface area (Å²) >= 11 is 1.81. The van der Waals surface area contributed by atoms with E-state index in [1.54, 1.807) is 11.8 Å². The molecule has 0 saturated heterocycles. The summed E-state index contributed by atoms with van der Waals surface area (Å²) in [5.74, 6) is 0.646. The maximum absolute atomic E-state index is 11.7. The number of hydrogen-bond acceptors (Lipinski definition) is 3. The Labute approximate surface area is 162 Å². The number of benzene rings is 3. The minimum atomic E-state index is -0.114. The van der Waals surface area contributed by atoms with Crippen LogP contribution in [0.1, 0.15) is 22.3 Å². The zero-order valence-corrected chi connectivity index (χ0v) is 15.6. The lowest BCUT2D eigenvalue weighted by Crippen LogP contribution is -2.25. The molecule has 0 saturated carbocycles. The molecule has 2 heterocycles. The van der Waals surface area contributed by atoms with Crippen molar-refractivity contribution in [1.29, 1.82) is 0 Å². The Morgan fingerprint density at radius 2 is 1.67 bits per heavy atom. The van der Waals surface area contributed by atoms with Gasteiger partial charge in [0.25, 0.3) is 5.91 Å². The minimum Gasteiger partial charge on any atom is -0.481 e. The van der Waals surface area contributed by atoms with Crippen LogP contribution in [-0.4, -0.2) is 12.5 Å². The van der Waals surface area contributed by atoms with Gasteiger partial charge < -0.3 is 10.1 Å². The van der Waals surface area contributed by atoms with E-state index in [4.69, 9.17) is 4.74 Å². The molecule has 1 N–H and O–H groups in total. The molecular formula is C23H17NO2S. The molecular weight excluding hydrogens is 354 g/mol. The van der Waals surface area contributed by atoms with Crippen LogP contribution < -0.4 is 10.1 Å². The first-order chi connectivity index (χ1) is 13.2. The van der Waals surface area contributed by atoms with Gasteiger partial charge in [0.05, 0.1) is 5.69 Å². The molecule has 0 aliphatic carbocycles. The Morgan fingerprint density at radius 3 is 2.37 bits per heavy atom. The lowest BCUT2D eigenvalue weighted by molar-refractivity contribution is -0.118. The Hall–Kier alpha value is -2.98. The fourth-order valence-electron chi connectivity index (χ4n) is 3.64. The predicted molar refractivity (Wildman–Crippen MR) is 109 cm³/mol. The van der Waals surface area contributed by atoms with E-state index in [2.05, 4.69) is 66.0 Å². The fraction of sp³-hybridized carbons (Fsp3) is 0.0870. The van der Waals surface area contributed by atoms with Crippen molar-refractivity contribution in [3.63, 3.8) is 0 Å². The van der Waals surface area contributed by atoms with E-state index in [1.165, 1.54) is 26.5 Å². The SMILES string of the molecule is Cc1cc(C=C2c3ccccc3Sc3ccccc32)cc2c1OCC(=O)N2. The lowest BCUT2D eigenvalue weighted by atomic mass is 9.94. The second-order valence-electron chi connectivity index (χ2n) is 6.70. The third kappa shape index (κ3) is 2.82. The van der Waals surface area contributed by atoms with Crippen molar-refractivity contribution >= 4 is 35.0 Å². The molecule has 3 nitrogen and oxygen atoms in total. The number of aryl methyl sites for hydroxylation is 1. The standard InChI is InChI=1S/C23H17NO2S/c1-14-10-15(12-19-23(14)26-13-22(25)24-19)11-18-16-6-2-4-8-20(16)27-21-9-5-3-7-17(18)21/h2-12H,13H2,1H3,(H,24,25). The van der Waals surface area contributed by atoms with Crippen LogP contribution in [0.15, 0.2) is 70.5 Å². The van der Waals surface area contributed by atoms with Gasteiger partial charge in [-0.3, -0.25) is 4.79 Å². The molecule has 0 bridgehead atoms. The van der Waals surface area contributed by atoms with Crippen LogP contribution in [0.4, 0.5) is 5.69 Å². The fourth-order valence-corrected chi connectivity index (χ4v) is 4.74. The number of hydrogen-bond donors (Lipinski definition) is 1. The van der Waals surface area contributed by atoms with Crippen LogP contribution in [-0.2, 0) is 4.79 Å². The Kier molecular flexibility index (Phi) is 3.80. The van der Waals surface area contributed by atoms with Crippen molar-refractivity contribution in [1.82, 2.24) is 0 Å². The molecule has 132 valence electrons. The van der Waals surface area contributed by atoms with Crippen molar-refractivity contribution in [3.05, 3.63) is 82.9 Å². The van der Waals surface area contributed by atoms with E-state index in [9.17, 15) is 4.79 Å². The summed E-state index contributed by atoms with van der Waals surface area (Å²) in [5.41, 5.74) is 6.47. The van der Waals surface area contributed by atoms with Gasteiger partial charge in [0.1, 0.15) is 5.75 Å². The smallest absolute Gasteiger partial charge is 0.262 e. The Morgan fingerprint density at radius 1 is 1.00 bits per heavy atom. The summed E-state index contributed by atoms with van der Waals surface area (Å²) in [7, 11) is 0. The number of rotatable bonds is 1. The quantitative estimate of drug-likeness (QED) is 0.488. The van der Waals surface area contributed by atoms with Gasteiger partial charge in [-0.15, -0.1) is 0 Å². The van der Waals surface area contributed by atoms with Crippen LogP contribution in [0.25, 0.3) is 11.6 Å². The molecule has 3 aromatic rings. The van der Waals surface area contributed by atoms with Gasteiger partial charge in [0, 0.05) is 9.79 Å². The van der Waals surface area contributed by atoms with Gasteiger partial charge in [-0.25, -0.2) is 0 Å². The molecule has 2 aliphatic heterocycles. The van der Waals surface area contributed by atoms with Crippen molar-refractivity contribution in [2.75, 3.05) is 11.9 Å². The number of fused-ring (bicyclic) bond motifs is 3. The molecule has 0 spiro atoms. The van der Waals surface area contributed by atoms with Gasteiger partial charge in [-0.2, -0.15) is 0 Å². The summed E-state index contributed by atoms with van der Waals surface area (Å²) in [5, 5.41) is 2.92. The van der Waals surface area contributed by atoms with E-state index in [-0.39, 0.29) is 12.5 Å². The first-order valence-electron chi connectivity index (χ1n) is 8.85. The topological polar surface area (TPSA) is 38.3 Å². The highest BCUT2D eigenvalue weighted by Crippen LogP contribution is 2.46. The number of carbonyl (C=O) groups excluding carboxylic acids is 1. The molecule has 0 radical (unpaired) electrons. The first-order valence-corrected chi connectivity index (χ1v) is 9.66. The monoisotopic (exact) mass is 371 g/mol. The summed E-state index contributed by atoms with van der Waals surface area (Å²) in [6.07, 6.45) is 2.20. The van der Waals surface area contributed by atoms with Crippen LogP contribution in [0.2, 0.25) is 0 Å². The molecule has 0 unspecified atom stereocenters. The van der Waals surface area contributed by atoms with Crippen LogP contribution in [0.5, 0.6) is 5.75 Å². The van der Waals surface area contributed by atoms with E-state index in [0.29, 0.717) is 0 Å². The molecule has 2 aliphatic rings. The van der Waals surface area contributed by atoms with Crippen LogP contribution in [0.3, 0.4) is 0 Å². The maximum atomic E-state index is 11.7. The summed E-state index contributed by atoms with van der Waals surface area (Å²) in [6, 6.07) is 21.1. The van der Waals surface area contributed by atoms with Gasteiger partial charge in [0.15, 0.2) is 6.61 Å². The summed E-state index contributed by atoms with van der Waals surface area (Å²) < 4.78 is 5.59. The largest absolute Gasteiger partial charge is 0.481 e. The van der Waals surface area contributed by atoms with Crippen molar-refractivity contribution in [2.45, 2.75) is 16.7 Å². The van der Waals surface area contributed by atoms with Gasteiger partial charge >= 0.3 is 0 Å². The first kappa shape index (κ1) is 16.2. The molecule has 4 heteroatoms. The lowest BCUT2D eigenvalue weighted by Gasteiger charge is -2.23. The Balaban J connectivity index is 1.69. The Bertz CT molecular complexity index is 1070. The van der Waals surface area contributed by atoms with Gasteiger partial charge in [-0.05, 0) is 65.1 Å². The number of amides is 1. The zero-order chi connectivity index (χ0) is 18.4. The van der Waals surface area contributed by atoms with E-state index >= 15 is 0 Å². The summed E-state index contributed by atoms with van der Waals surface area (Å²) in [4.78, 5) is 14.2. The van der Waals surface area contributed by atoms with Crippen molar-refractivity contribution < 1.29 is 9.53 Å². The normalized spacial score (nSPS) is 14.4. The number of nitrogens with one attached hydrogen (secondary N) is 1. The highest BCUT2D eigenvalue weighted by molar-refractivity contribution is 7.99. The van der Waals surface area contributed by atoms with Gasteiger partial charge in [0.2, 0.25) is 0 Å². The van der Waals surface area contributed by atoms with Gasteiger partial charge in [-0.1, -0.05) is 48.2 Å². The number of ether oxygens (including phenoxy) is 1. The van der Waals surface area contributed by atoms with E-state index in [1.807, 2.05) is 13.0 Å². The van der Waals surface area contributed by atoms with E-state index < -0.39 is 0 Å². The highest BCUT2D eigenvalue weighted by Gasteiger charge is 2.22. The third-order valence-electron chi connectivity index (χ3n) is 4.80. The summed E-state index contributed by atoms with van der Waals surface area (Å²) in [6.45, 7) is 2.09. The zero-order valence-electron chi connectivity index (χ0n) is 14.8. The van der Waals surface area contributed by atoms with Crippen molar-refractivity contribution in [2.24, 2.45) is 0 Å². The molecule has 5 rings (SSSR count). The molecule has 3 aromatic carbocycles. The number of carbonyl (C=O) groups is 1. The van der Waals surface area contributed by atoms with Crippen molar-refractivity contribution in [3.8, 4) is 5.75 Å². The average molecular weight is 371 g/mol. The average Bonchev–Trinajstić information content (AvgIpc) is 2.67. The highest BCUT2D eigenvalue weighted by atomic mass is 32.2. The second-order valence-corrected chi connectivity index (χ2v) is 7.79. The molecule has 0 fully saturated rings.